The molecule has 3 rings (SSSR count). The lowest BCUT2D eigenvalue weighted by Crippen LogP contribution is -2.41. The van der Waals surface area contributed by atoms with Crippen LogP contribution in [0.1, 0.15) is 37.9 Å². The molecule has 1 aromatic carbocycles. The van der Waals surface area contributed by atoms with Crippen molar-refractivity contribution in [1.82, 2.24) is 5.32 Å². The smallest absolute Gasteiger partial charge is 0.226 e. The topological polar surface area (TPSA) is 58.6 Å². The third-order valence-electron chi connectivity index (χ3n) is 5.05. The van der Waals surface area contributed by atoms with Crippen molar-refractivity contribution in [2.75, 3.05) is 0 Å². The van der Waals surface area contributed by atoms with Crippen molar-refractivity contribution in [1.29, 1.82) is 0 Å². The minimum Gasteiger partial charge on any atom is -0.390 e. The molecule has 0 radical (unpaired) electrons. The Labute approximate surface area is 125 Å². The second-order valence-corrected chi connectivity index (χ2v) is 6.39. The Hall–Kier alpha value is -1.39. The zero-order chi connectivity index (χ0) is 15.1. The number of ether oxygens (including phenoxy) is 1. The van der Waals surface area contributed by atoms with Gasteiger partial charge in [-0.15, -0.1) is 0 Å². The summed E-state index contributed by atoms with van der Waals surface area (Å²) >= 11 is 0. The van der Waals surface area contributed by atoms with Gasteiger partial charge in [0.05, 0.1) is 30.3 Å². The summed E-state index contributed by atoms with van der Waals surface area (Å²) in [5, 5.41) is 13.3. The number of rotatable bonds is 2. The predicted molar refractivity (Wildman–Crippen MR) is 79.7 cm³/mol. The van der Waals surface area contributed by atoms with Crippen LogP contribution in [-0.2, 0) is 16.0 Å². The first kappa shape index (κ1) is 14.5. The molecule has 114 valence electrons. The maximum atomic E-state index is 12.6. The second-order valence-electron chi connectivity index (χ2n) is 6.39. The van der Waals surface area contributed by atoms with Crippen molar-refractivity contribution in [3.8, 4) is 0 Å². The van der Waals surface area contributed by atoms with Gasteiger partial charge in [0.1, 0.15) is 0 Å². The highest BCUT2D eigenvalue weighted by molar-refractivity contribution is 5.80. The first-order chi connectivity index (χ1) is 9.99. The van der Waals surface area contributed by atoms with Gasteiger partial charge < -0.3 is 15.2 Å². The van der Waals surface area contributed by atoms with Crippen LogP contribution in [0.2, 0.25) is 0 Å². The van der Waals surface area contributed by atoms with E-state index in [1.54, 1.807) is 0 Å². The Morgan fingerprint density at radius 3 is 2.62 bits per heavy atom. The Kier molecular flexibility index (Phi) is 3.76. The molecule has 2 aliphatic rings. The standard InChI is InChI=1S/C17H23NO3/c1-9-10(2)21-11(3)15(9)17(20)18-16-13-7-5-4-6-12(13)8-14(16)19/h4-7,9-11,14-16,19H,8H2,1-3H3,(H,18,20)/t9?,10?,11?,14-,15?,16+/m0/s1. The average molecular weight is 289 g/mol. The number of hydrogen-bond donors (Lipinski definition) is 2. The molecular formula is C17H23NO3. The summed E-state index contributed by atoms with van der Waals surface area (Å²) in [5.74, 6) is 0.0221. The lowest BCUT2D eigenvalue weighted by atomic mass is 9.88. The largest absolute Gasteiger partial charge is 0.390 e. The van der Waals surface area contributed by atoms with Gasteiger partial charge in [-0.3, -0.25) is 4.79 Å². The number of carbonyl (C=O) groups is 1. The molecule has 4 unspecified atom stereocenters. The molecule has 0 spiro atoms. The van der Waals surface area contributed by atoms with Gasteiger partial charge in [-0.25, -0.2) is 0 Å². The van der Waals surface area contributed by atoms with Gasteiger partial charge in [0, 0.05) is 6.42 Å². The minimum atomic E-state index is -0.545. The van der Waals surface area contributed by atoms with Crippen LogP contribution in [-0.4, -0.2) is 29.3 Å². The fourth-order valence-corrected chi connectivity index (χ4v) is 3.72. The summed E-state index contributed by atoms with van der Waals surface area (Å²) in [4.78, 5) is 12.6. The van der Waals surface area contributed by atoms with E-state index in [1.807, 2.05) is 38.1 Å². The first-order valence-electron chi connectivity index (χ1n) is 7.70. The third-order valence-corrected chi connectivity index (χ3v) is 5.05. The van der Waals surface area contributed by atoms with Gasteiger partial charge in [-0.1, -0.05) is 31.2 Å². The van der Waals surface area contributed by atoms with Crippen molar-refractivity contribution in [3.63, 3.8) is 0 Å². The number of fused-ring (bicyclic) bond motifs is 1. The summed E-state index contributed by atoms with van der Waals surface area (Å²) < 4.78 is 5.74. The van der Waals surface area contributed by atoms with Gasteiger partial charge in [0.2, 0.25) is 5.91 Å². The number of amides is 1. The summed E-state index contributed by atoms with van der Waals surface area (Å²) in [6.07, 6.45) is 0.0705. The van der Waals surface area contributed by atoms with Gasteiger partial charge in [0.25, 0.3) is 0 Å². The van der Waals surface area contributed by atoms with Crippen molar-refractivity contribution >= 4 is 5.91 Å². The Bertz CT molecular complexity index is 545. The second kappa shape index (κ2) is 5.43. The fourth-order valence-electron chi connectivity index (χ4n) is 3.72. The molecule has 0 bridgehead atoms. The van der Waals surface area contributed by atoms with Gasteiger partial charge in [-0.2, -0.15) is 0 Å². The van der Waals surface area contributed by atoms with Crippen LogP contribution >= 0.6 is 0 Å². The zero-order valence-corrected chi connectivity index (χ0v) is 12.7. The zero-order valence-electron chi connectivity index (χ0n) is 12.7. The van der Waals surface area contributed by atoms with E-state index in [0.717, 1.165) is 11.1 Å². The predicted octanol–water partition coefficient (Wildman–Crippen LogP) is 1.82. The molecule has 1 heterocycles. The van der Waals surface area contributed by atoms with Crippen LogP contribution in [0.3, 0.4) is 0 Å². The molecule has 4 heteroatoms. The fraction of sp³-hybridized carbons (Fsp3) is 0.588. The van der Waals surface area contributed by atoms with Gasteiger partial charge in [-0.05, 0) is 30.9 Å². The number of benzene rings is 1. The van der Waals surface area contributed by atoms with E-state index in [1.165, 1.54) is 0 Å². The highest BCUT2D eigenvalue weighted by Gasteiger charge is 2.43. The molecule has 4 nitrogen and oxygen atoms in total. The normalized spacial score (nSPS) is 38.3. The molecule has 1 saturated heterocycles. The number of carbonyl (C=O) groups excluding carboxylic acids is 1. The van der Waals surface area contributed by atoms with Crippen molar-refractivity contribution in [2.24, 2.45) is 11.8 Å². The summed E-state index contributed by atoms with van der Waals surface area (Å²) in [7, 11) is 0. The number of aliphatic hydroxyl groups excluding tert-OH is 1. The molecule has 1 aromatic rings. The Balaban J connectivity index is 1.76. The molecule has 2 N–H and O–H groups in total. The summed E-state index contributed by atoms with van der Waals surface area (Å²) in [6.45, 7) is 6.01. The summed E-state index contributed by atoms with van der Waals surface area (Å²) in [5.41, 5.74) is 2.15. The van der Waals surface area contributed by atoms with E-state index in [4.69, 9.17) is 4.74 Å². The number of nitrogens with one attached hydrogen (secondary N) is 1. The number of aliphatic hydroxyl groups is 1. The lowest BCUT2D eigenvalue weighted by molar-refractivity contribution is -0.128. The Morgan fingerprint density at radius 2 is 1.95 bits per heavy atom. The van der Waals surface area contributed by atoms with Crippen molar-refractivity contribution in [3.05, 3.63) is 35.4 Å². The van der Waals surface area contributed by atoms with Crippen molar-refractivity contribution < 1.29 is 14.6 Å². The summed E-state index contributed by atoms with van der Waals surface area (Å²) in [6, 6.07) is 7.60. The van der Waals surface area contributed by atoms with Gasteiger partial charge in [0.15, 0.2) is 0 Å². The van der Waals surface area contributed by atoms with Crippen LogP contribution in [0.4, 0.5) is 0 Å². The molecule has 0 aromatic heterocycles. The lowest BCUT2D eigenvalue weighted by Gasteiger charge is -2.23. The maximum Gasteiger partial charge on any atom is 0.226 e. The first-order valence-corrected chi connectivity index (χ1v) is 7.70. The van der Waals surface area contributed by atoms with E-state index in [0.29, 0.717) is 6.42 Å². The third kappa shape index (κ3) is 2.47. The molecule has 1 aliphatic carbocycles. The number of hydrogen-bond acceptors (Lipinski definition) is 3. The molecule has 1 fully saturated rings. The Morgan fingerprint density at radius 1 is 1.24 bits per heavy atom. The van der Waals surface area contributed by atoms with E-state index < -0.39 is 6.10 Å². The molecule has 1 aliphatic heterocycles. The van der Waals surface area contributed by atoms with E-state index in [-0.39, 0.29) is 36.0 Å². The van der Waals surface area contributed by atoms with E-state index in [2.05, 4.69) is 12.2 Å². The van der Waals surface area contributed by atoms with Crippen molar-refractivity contribution in [2.45, 2.75) is 51.5 Å². The van der Waals surface area contributed by atoms with E-state index in [9.17, 15) is 9.90 Å². The molecule has 1 amide bonds. The SMILES string of the molecule is CC1OC(C)C(C(=O)N[C@@H]2c3ccccc3C[C@@H]2O)C1C. The average Bonchev–Trinajstić information content (AvgIpc) is 2.88. The van der Waals surface area contributed by atoms with Crippen LogP contribution < -0.4 is 5.32 Å². The van der Waals surface area contributed by atoms with Crippen LogP contribution in [0.15, 0.2) is 24.3 Å². The quantitative estimate of drug-likeness (QED) is 0.873. The molecule has 6 atom stereocenters. The minimum absolute atomic E-state index is 0.0138. The molecule has 21 heavy (non-hydrogen) atoms. The maximum absolute atomic E-state index is 12.6. The van der Waals surface area contributed by atoms with Crippen LogP contribution in [0.5, 0.6) is 0 Å². The van der Waals surface area contributed by atoms with Crippen LogP contribution in [0, 0.1) is 11.8 Å². The molecular weight excluding hydrogens is 266 g/mol. The van der Waals surface area contributed by atoms with Gasteiger partial charge >= 0.3 is 0 Å². The van der Waals surface area contributed by atoms with E-state index >= 15 is 0 Å². The van der Waals surface area contributed by atoms with Crippen LogP contribution in [0.25, 0.3) is 0 Å². The highest BCUT2D eigenvalue weighted by atomic mass is 16.5. The molecule has 0 saturated carbocycles. The monoisotopic (exact) mass is 289 g/mol. The highest BCUT2D eigenvalue weighted by Crippen LogP contribution is 2.35.